The van der Waals surface area contributed by atoms with Gasteiger partial charge < -0.3 is 10.2 Å². The van der Waals surface area contributed by atoms with Crippen LogP contribution in [-0.2, 0) is 32.6 Å². The summed E-state index contributed by atoms with van der Waals surface area (Å²) in [6.45, 7) is 1.10. The SMILES string of the molecule is CCNC(=O)C(Cc1ccccc1)N(Cc1c(Cl)cccc1Cl)C(=O)CN(c1ccc([N+](=O)[O-])cc1)S(=O)(=O)c1ccccc1. The summed E-state index contributed by atoms with van der Waals surface area (Å²) >= 11 is 13.0. The molecule has 13 heteroatoms. The van der Waals surface area contributed by atoms with Crippen molar-refractivity contribution in [2.45, 2.75) is 30.8 Å². The molecule has 1 N–H and O–H groups in total. The van der Waals surface area contributed by atoms with E-state index in [9.17, 15) is 28.1 Å². The third kappa shape index (κ3) is 8.18. The first-order valence-corrected chi connectivity index (χ1v) is 16.1. The van der Waals surface area contributed by atoms with E-state index >= 15 is 0 Å². The molecule has 45 heavy (non-hydrogen) atoms. The normalized spacial score (nSPS) is 11.8. The lowest BCUT2D eigenvalue weighted by Gasteiger charge is -2.34. The highest BCUT2D eigenvalue weighted by Crippen LogP contribution is 2.29. The second kappa shape index (κ2) is 15.0. The molecule has 4 aromatic rings. The molecule has 0 aromatic heterocycles. The third-order valence-corrected chi connectivity index (χ3v) is 9.47. The summed E-state index contributed by atoms with van der Waals surface area (Å²) in [5.74, 6) is -1.18. The van der Waals surface area contributed by atoms with Gasteiger partial charge in [0.25, 0.3) is 15.7 Å². The van der Waals surface area contributed by atoms with Crippen molar-refractivity contribution in [3.8, 4) is 0 Å². The Labute approximate surface area is 271 Å². The topological polar surface area (TPSA) is 130 Å². The maximum absolute atomic E-state index is 14.4. The van der Waals surface area contributed by atoms with Crippen LogP contribution in [0.1, 0.15) is 18.1 Å². The van der Waals surface area contributed by atoms with Crippen LogP contribution in [0.5, 0.6) is 0 Å². The van der Waals surface area contributed by atoms with Crippen LogP contribution in [0.4, 0.5) is 11.4 Å². The molecule has 0 spiro atoms. The molecule has 0 fully saturated rings. The van der Waals surface area contributed by atoms with Crippen molar-refractivity contribution in [2.24, 2.45) is 0 Å². The van der Waals surface area contributed by atoms with Gasteiger partial charge in [0.05, 0.1) is 15.5 Å². The number of anilines is 1. The Morgan fingerprint density at radius 1 is 0.867 bits per heavy atom. The number of nitro benzene ring substituents is 1. The van der Waals surface area contributed by atoms with Gasteiger partial charge in [-0.1, -0.05) is 77.8 Å². The average Bonchev–Trinajstić information content (AvgIpc) is 3.03. The molecule has 0 heterocycles. The molecule has 0 bridgehead atoms. The number of nitrogens with zero attached hydrogens (tertiary/aromatic N) is 3. The maximum Gasteiger partial charge on any atom is 0.269 e. The number of benzene rings is 4. The first-order valence-electron chi connectivity index (χ1n) is 13.9. The Kier molecular flexibility index (Phi) is 11.2. The van der Waals surface area contributed by atoms with Crippen LogP contribution in [0.15, 0.2) is 108 Å². The number of likely N-dealkylation sites (N-methyl/N-ethyl adjacent to an activating group) is 1. The van der Waals surface area contributed by atoms with E-state index in [4.69, 9.17) is 23.2 Å². The van der Waals surface area contributed by atoms with Gasteiger partial charge in [0.1, 0.15) is 12.6 Å². The summed E-state index contributed by atoms with van der Waals surface area (Å²) in [5.41, 5.74) is 0.910. The molecule has 0 saturated carbocycles. The second-order valence-corrected chi connectivity index (χ2v) is 12.6. The monoisotopic (exact) mass is 668 g/mol. The molecule has 0 aliphatic carbocycles. The zero-order chi connectivity index (χ0) is 32.6. The highest BCUT2D eigenvalue weighted by molar-refractivity contribution is 7.92. The molecular formula is C32H30Cl2N4O6S. The van der Waals surface area contributed by atoms with Crippen molar-refractivity contribution in [3.05, 3.63) is 134 Å². The summed E-state index contributed by atoms with van der Waals surface area (Å²) < 4.78 is 28.8. The third-order valence-electron chi connectivity index (χ3n) is 6.97. The molecule has 2 amide bonds. The van der Waals surface area contributed by atoms with Gasteiger partial charge in [-0.2, -0.15) is 0 Å². The van der Waals surface area contributed by atoms with Crippen LogP contribution in [0.3, 0.4) is 0 Å². The van der Waals surface area contributed by atoms with Crippen LogP contribution in [0.25, 0.3) is 0 Å². The molecule has 0 saturated heterocycles. The van der Waals surface area contributed by atoms with Gasteiger partial charge in [-0.05, 0) is 48.9 Å². The Bertz CT molecular complexity index is 1740. The van der Waals surface area contributed by atoms with Gasteiger partial charge in [-0.25, -0.2) is 8.42 Å². The molecule has 0 aliphatic rings. The number of carbonyl (C=O) groups excluding carboxylic acids is 2. The lowest BCUT2D eigenvalue weighted by atomic mass is 10.0. The minimum Gasteiger partial charge on any atom is -0.355 e. The Balaban J connectivity index is 1.83. The fourth-order valence-electron chi connectivity index (χ4n) is 4.69. The standard InChI is InChI=1S/C32H30Cl2N4O6S/c1-2-35-32(40)30(20-23-10-5-3-6-11-23)36(21-27-28(33)14-9-15-29(27)34)31(39)22-37(24-16-18-25(19-17-24)38(41)42)45(43,44)26-12-7-4-8-13-26/h3-19,30H,2,20-22H2,1H3,(H,35,40). The Morgan fingerprint density at radius 2 is 1.44 bits per heavy atom. The van der Waals surface area contributed by atoms with Gasteiger partial charge in [-0.3, -0.25) is 24.0 Å². The molecule has 4 aromatic carbocycles. The molecular weight excluding hydrogens is 639 g/mol. The van der Waals surface area contributed by atoms with Gasteiger partial charge in [0, 0.05) is 47.3 Å². The minimum absolute atomic E-state index is 0.0196. The predicted molar refractivity (Wildman–Crippen MR) is 174 cm³/mol. The van der Waals surface area contributed by atoms with E-state index in [0.717, 1.165) is 22.0 Å². The van der Waals surface area contributed by atoms with Gasteiger partial charge >= 0.3 is 0 Å². The fraction of sp³-hybridized carbons (Fsp3) is 0.188. The van der Waals surface area contributed by atoms with Crippen molar-refractivity contribution < 1.29 is 22.9 Å². The largest absolute Gasteiger partial charge is 0.355 e. The van der Waals surface area contributed by atoms with E-state index in [0.29, 0.717) is 5.56 Å². The number of hydrogen-bond donors (Lipinski definition) is 1. The van der Waals surface area contributed by atoms with Crippen LogP contribution in [0, 0.1) is 10.1 Å². The maximum atomic E-state index is 14.4. The number of nitro groups is 1. The lowest BCUT2D eigenvalue weighted by molar-refractivity contribution is -0.384. The molecule has 1 unspecified atom stereocenters. The smallest absolute Gasteiger partial charge is 0.269 e. The van der Waals surface area contributed by atoms with Crippen molar-refractivity contribution in [3.63, 3.8) is 0 Å². The van der Waals surface area contributed by atoms with Crippen LogP contribution in [-0.4, -0.2) is 49.2 Å². The highest BCUT2D eigenvalue weighted by Gasteiger charge is 2.35. The van der Waals surface area contributed by atoms with E-state index in [1.807, 2.05) is 30.3 Å². The molecule has 0 radical (unpaired) electrons. The summed E-state index contributed by atoms with van der Waals surface area (Å²) in [6.07, 6.45) is 0.115. The van der Waals surface area contributed by atoms with Gasteiger partial charge in [0.15, 0.2) is 0 Å². The molecule has 4 rings (SSSR count). The number of hydrogen-bond acceptors (Lipinski definition) is 6. The Hall–Kier alpha value is -4.45. The van der Waals surface area contributed by atoms with Crippen molar-refractivity contribution in [1.29, 1.82) is 0 Å². The highest BCUT2D eigenvalue weighted by atomic mass is 35.5. The van der Waals surface area contributed by atoms with Crippen molar-refractivity contribution in [1.82, 2.24) is 10.2 Å². The average molecular weight is 670 g/mol. The predicted octanol–water partition coefficient (Wildman–Crippen LogP) is 5.87. The van der Waals surface area contributed by atoms with Crippen LogP contribution in [0.2, 0.25) is 10.0 Å². The number of nitrogens with one attached hydrogen (secondary N) is 1. The van der Waals surface area contributed by atoms with Gasteiger partial charge in [0.2, 0.25) is 11.8 Å². The van der Waals surface area contributed by atoms with E-state index in [-0.39, 0.29) is 45.8 Å². The van der Waals surface area contributed by atoms with Crippen LogP contribution >= 0.6 is 23.2 Å². The van der Waals surface area contributed by atoms with E-state index in [2.05, 4.69) is 5.32 Å². The van der Waals surface area contributed by atoms with E-state index in [1.54, 1.807) is 43.3 Å². The summed E-state index contributed by atoms with van der Waals surface area (Å²) in [5, 5.41) is 14.6. The fourth-order valence-corrected chi connectivity index (χ4v) is 6.64. The second-order valence-electron chi connectivity index (χ2n) is 9.92. The van der Waals surface area contributed by atoms with Crippen LogP contribution < -0.4 is 9.62 Å². The zero-order valence-corrected chi connectivity index (χ0v) is 26.5. The Morgan fingerprint density at radius 3 is 2.00 bits per heavy atom. The lowest BCUT2D eigenvalue weighted by Crippen LogP contribution is -2.53. The summed E-state index contributed by atoms with van der Waals surface area (Å²) in [7, 11) is -4.36. The first kappa shape index (κ1) is 33.4. The molecule has 1 atom stereocenters. The summed E-state index contributed by atoms with van der Waals surface area (Å²) in [6, 6.07) is 25.2. The number of carbonyl (C=O) groups is 2. The van der Waals surface area contributed by atoms with Crippen molar-refractivity contribution in [2.75, 3.05) is 17.4 Å². The first-order chi connectivity index (χ1) is 21.5. The number of amides is 2. The zero-order valence-electron chi connectivity index (χ0n) is 24.2. The van der Waals surface area contributed by atoms with Gasteiger partial charge in [-0.15, -0.1) is 0 Å². The molecule has 0 aliphatic heterocycles. The number of sulfonamides is 1. The van der Waals surface area contributed by atoms with Crippen molar-refractivity contribution >= 4 is 56.4 Å². The molecule has 234 valence electrons. The minimum atomic E-state index is -4.36. The number of halogens is 2. The van der Waals surface area contributed by atoms with E-state index < -0.39 is 39.3 Å². The molecule has 10 nitrogen and oxygen atoms in total. The summed E-state index contributed by atoms with van der Waals surface area (Å²) in [4.78, 5) is 39.8. The quantitative estimate of drug-likeness (QED) is 0.140. The van der Waals surface area contributed by atoms with E-state index in [1.165, 1.54) is 29.2 Å². The number of rotatable bonds is 13. The number of non-ortho nitro benzene ring substituents is 1.